The number of carbonyl (C=O) groups is 1. The molecule has 130 valence electrons. The highest BCUT2D eigenvalue weighted by Crippen LogP contribution is 2.34. The van der Waals surface area contributed by atoms with Gasteiger partial charge in [0.05, 0.1) is 12.2 Å². The Morgan fingerprint density at radius 3 is 2.48 bits per heavy atom. The van der Waals surface area contributed by atoms with Crippen LogP contribution in [0.4, 0.5) is 20.6 Å². The molecule has 1 fully saturated rings. The van der Waals surface area contributed by atoms with Gasteiger partial charge in [-0.2, -0.15) is 0 Å². The number of hydrogen-bond donors (Lipinski definition) is 2. The van der Waals surface area contributed by atoms with E-state index >= 15 is 0 Å². The molecule has 6 heteroatoms. The quantitative estimate of drug-likeness (QED) is 0.902. The van der Waals surface area contributed by atoms with Crippen molar-refractivity contribution in [3.63, 3.8) is 0 Å². The topological polar surface area (TPSA) is 47.6 Å². The van der Waals surface area contributed by atoms with E-state index < -0.39 is 0 Å². The van der Waals surface area contributed by atoms with Crippen molar-refractivity contribution < 1.29 is 9.18 Å². The normalized spacial score (nSPS) is 17.2. The van der Waals surface area contributed by atoms with Crippen LogP contribution in [-0.4, -0.2) is 32.2 Å². The molecule has 0 bridgehead atoms. The molecule has 2 aromatic rings. The second kappa shape index (κ2) is 6.72. The summed E-state index contributed by atoms with van der Waals surface area (Å²) in [4.78, 5) is 16.5. The summed E-state index contributed by atoms with van der Waals surface area (Å²) < 4.78 is 13.1. The van der Waals surface area contributed by atoms with Crippen LogP contribution in [0.15, 0.2) is 42.5 Å². The molecule has 0 atom stereocenters. The van der Waals surface area contributed by atoms with Crippen molar-refractivity contribution in [2.75, 3.05) is 36.0 Å². The maximum absolute atomic E-state index is 13.1. The van der Waals surface area contributed by atoms with E-state index in [-0.39, 0.29) is 11.8 Å². The number of halogens is 1. The van der Waals surface area contributed by atoms with Gasteiger partial charge in [0, 0.05) is 44.0 Å². The Balaban J connectivity index is 1.66. The molecule has 2 aromatic carbocycles. The van der Waals surface area contributed by atoms with Gasteiger partial charge in [-0.1, -0.05) is 18.2 Å². The van der Waals surface area contributed by atoms with Gasteiger partial charge in [-0.25, -0.2) is 9.18 Å². The fraction of sp³-hybridized carbons (Fsp3) is 0.316. The third kappa shape index (κ3) is 3.17. The molecule has 5 nitrogen and oxygen atoms in total. The lowest BCUT2D eigenvalue weighted by molar-refractivity contribution is 0.244. The third-order valence-corrected chi connectivity index (χ3v) is 4.79. The number of nitrogens with one attached hydrogen (secondary N) is 2. The number of amides is 2. The second-order valence-electron chi connectivity index (χ2n) is 6.38. The number of rotatable bonds is 3. The van der Waals surface area contributed by atoms with E-state index in [0.717, 1.165) is 43.0 Å². The highest BCUT2D eigenvalue weighted by atomic mass is 19.1. The zero-order valence-electron chi connectivity index (χ0n) is 14.0. The van der Waals surface area contributed by atoms with Crippen LogP contribution in [0.2, 0.25) is 0 Å². The number of urea groups is 1. The minimum atomic E-state index is -0.270. The minimum absolute atomic E-state index is 0.116. The third-order valence-electron chi connectivity index (χ3n) is 4.79. The van der Waals surface area contributed by atoms with Crippen molar-refractivity contribution in [1.29, 1.82) is 0 Å². The number of carbonyl (C=O) groups excluding carboxylic acids is 1. The van der Waals surface area contributed by atoms with Crippen LogP contribution in [0.5, 0.6) is 0 Å². The van der Waals surface area contributed by atoms with Crippen LogP contribution in [0.1, 0.15) is 11.1 Å². The lowest BCUT2D eigenvalue weighted by atomic mass is 10.0. The predicted octanol–water partition coefficient (Wildman–Crippen LogP) is 2.47. The van der Waals surface area contributed by atoms with E-state index in [9.17, 15) is 9.18 Å². The SMILES string of the molecule is O=C1NCc2c(N3CCNCC3)cccc2N1Cc1ccc(F)cc1. The highest BCUT2D eigenvalue weighted by molar-refractivity contribution is 5.96. The molecule has 2 amide bonds. The zero-order valence-corrected chi connectivity index (χ0v) is 14.0. The Labute approximate surface area is 146 Å². The van der Waals surface area contributed by atoms with Crippen molar-refractivity contribution in [3.8, 4) is 0 Å². The smallest absolute Gasteiger partial charge is 0.322 e. The lowest BCUT2D eigenvalue weighted by Crippen LogP contribution is -2.46. The van der Waals surface area contributed by atoms with E-state index in [4.69, 9.17) is 0 Å². The average Bonchev–Trinajstić information content (AvgIpc) is 2.66. The Bertz CT molecular complexity index is 771. The van der Waals surface area contributed by atoms with Crippen LogP contribution in [-0.2, 0) is 13.1 Å². The molecule has 4 rings (SSSR count). The number of nitrogens with zero attached hydrogens (tertiary/aromatic N) is 2. The Morgan fingerprint density at radius 2 is 1.72 bits per heavy atom. The van der Waals surface area contributed by atoms with Crippen molar-refractivity contribution in [3.05, 3.63) is 59.4 Å². The average molecular weight is 340 g/mol. The molecule has 2 heterocycles. The van der Waals surface area contributed by atoms with Gasteiger partial charge in [-0.05, 0) is 29.8 Å². The van der Waals surface area contributed by atoms with Crippen molar-refractivity contribution in [2.45, 2.75) is 13.1 Å². The Hall–Kier alpha value is -2.60. The molecular formula is C19H21FN4O. The van der Waals surface area contributed by atoms with Crippen LogP contribution in [0.3, 0.4) is 0 Å². The summed E-state index contributed by atoms with van der Waals surface area (Å²) in [5.74, 6) is -0.270. The summed E-state index contributed by atoms with van der Waals surface area (Å²) in [7, 11) is 0. The number of benzene rings is 2. The van der Waals surface area contributed by atoms with Crippen LogP contribution in [0.25, 0.3) is 0 Å². The molecule has 2 N–H and O–H groups in total. The molecule has 0 spiro atoms. The standard InChI is InChI=1S/C19H21FN4O/c20-15-6-4-14(5-7-15)13-24-18-3-1-2-17(16(18)12-22-19(24)25)23-10-8-21-9-11-23/h1-7,21H,8-13H2,(H,22,25). The van der Waals surface area contributed by atoms with Gasteiger partial charge >= 0.3 is 6.03 Å². The van der Waals surface area contributed by atoms with Gasteiger partial charge in [-0.15, -0.1) is 0 Å². The molecule has 0 radical (unpaired) electrons. The van der Waals surface area contributed by atoms with Gasteiger partial charge in [0.15, 0.2) is 0 Å². The second-order valence-corrected chi connectivity index (χ2v) is 6.38. The monoisotopic (exact) mass is 340 g/mol. The number of anilines is 2. The molecule has 0 aliphatic carbocycles. The van der Waals surface area contributed by atoms with E-state index in [1.165, 1.54) is 17.8 Å². The molecule has 25 heavy (non-hydrogen) atoms. The Morgan fingerprint density at radius 1 is 1.00 bits per heavy atom. The van der Waals surface area contributed by atoms with E-state index in [1.807, 2.05) is 12.1 Å². The molecule has 0 saturated carbocycles. The first-order chi connectivity index (χ1) is 12.2. The van der Waals surface area contributed by atoms with Crippen molar-refractivity contribution in [1.82, 2.24) is 10.6 Å². The molecule has 2 aliphatic heterocycles. The van der Waals surface area contributed by atoms with Gasteiger partial charge in [0.2, 0.25) is 0 Å². The summed E-state index contributed by atoms with van der Waals surface area (Å²) in [6.07, 6.45) is 0. The van der Waals surface area contributed by atoms with E-state index in [0.29, 0.717) is 13.1 Å². The van der Waals surface area contributed by atoms with Crippen molar-refractivity contribution >= 4 is 17.4 Å². The van der Waals surface area contributed by atoms with Crippen LogP contribution < -0.4 is 20.4 Å². The summed E-state index contributed by atoms with van der Waals surface area (Å²) in [5, 5.41) is 6.34. The Kier molecular flexibility index (Phi) is 4.28. The first-order valence-electron chi connectivity index (χ1n) is 8.60. The highest BCUT2D eigenvalue weighted by Gasteiger charge is 2.27. The molecule has 0 aromatic heterocycles. The predicted molar refractivity (Wildman–Crippen MR) is 96.3 cm³/mol. The maximum atomic E-state index is 13.1. The zero-order chi connectivity index (χ0) is 17.2. The fourth-order valence-corrected chi connectivity index (χ4v) is 3.50. The van der Waals surface area contributed by atoms with E-state index in [1.54, 1.807) is 17.0 Å². The maximum Gasteiger partial charge on any atom is 0.322 e. The van der Waals surface area contributed by atoms with Crippen molar-refractivity contribution in [2.24, 2.45) is 0 Å². The lowest BCUT2D eigenvalue weighted by Gasteiger charge is -2.36. The number of hydrogen-bond acceptors (Lipinski definition) is 3. The first kappa shape index (κ1) is 15.9. The summed E-state index contributed by atoms with van der Waals surface area (Å²) in [6, 6.07) is 12.3. The largest absolute Gasteiger partial charge is 0.369 e. The molecule has 1 saturated heterocycles. The molecular weight excluding hydrogens is 319 g/mol. The van der Waals surface area contributed by atoms with Gasteiger partial charge in [0.1, 0.15) is 5.82 Å². The molecule has 0 unspecified atom stereocenters. The van der Waals surface area contributed by atoms with Gasteiger partial charge in [0.25, 0.3) is 0 Å². The summed E-state index contributed by atoms with van der Waals surface area (Å²) in [6.45, 7) is 4.81. The summed E-state index contributed by atoms with van der Waals surface area (Å²) >= 11 is 0. The van der Waals surface area contributed by atoms with Crippen LogP contribution in [0, 0.1) is 5.82 Å². The molecule has 2 aliphatic rings. The number of fused-ring (bicyclic) bond motifs is 1. The fourth-order valence-electron chi connectivity index (χ4n) is 3.50. The van der Waals surface area contributed by atoms with Gasteiger partial charge in [-0.3, -0.25) is 4.90 Å². The van der Waals surface area contributed by atoms with Crippen LogP contribution >= 0.6 is 0 Å². The van der Waals surface area contributed by atoms with E-state index in [2.05, 4.69) is 21.6 Å². The summed E-state index contributed by atoms with van der Waals surface area (Å²) in [5.41, 5.74) is 4.16. The minimum Gasteiger partial charge on any atom is -0.369 e. The number of piperazine rings is 1. The van der Waals surface area contributed by atoms with Gasteiger partial charge < -0.3 is 15.5 Å². The first-order valence-corrected chi connectivity index (χ1v) is 8.60.